The number of hydrogen-bond donors (Lipinski definition) is 2. The Hall–Kier alpha value is -2.14. The number of carbonyl (C=O) groups excluding carboxylic acids is 1. The Labute approximate surface area is 118 Å². The van der Waals surface area contributed by atoms with E-state index in [1.54, 1.807) is 6.20 Å². The van der Waals surface area contributed by atoms with Gasteiger partial charge in [-0.25, -0.2) is 4.98 Å². The Morgan fingerprint density at radius 2 is 2.30 bits per heavy atom. The van der Waals surface area contributed by atoms with Gasteiger partial charge >= 0.3 is 0 Å². The Morgan fingerprint density at radius 1 is 1.50 bits per heavy atom. The second-order valence-electron chi connectivity index (χ2n) is 4.75. The van der Waals surface area contributed by atoms with Gasteiger partial charge in [0, 0.05) is 11.3 Å². The van der Waals surface area contributed by atoms with Crippen molar-refractivity contribution < 1.29 is 9.21 Å². The summed E-state index contributed by atoms with van der Waals surface area (Å²) in [5.74, 6) is 0.366. The minimum absolute atomic E-state index is 0.172. The molecule has 0 aliphatic rings. The zero-order valence-corrected chi connectivity index (χ0v) is 11.7. The molecule has 0 saturated heterocycles. The summed E-state index contributed by atoms with van der Waals surface area (Å²) in [7, 11) is 0. The van der Waals surface area contributed by atoms with Gasteiger partial charge in [0.2, 0.25) is 11.8 Å². The van der Waals surface area contributed by atoms with Crippen molar-refractivity contribution >= 4 is 11.6 Å². The number of amides is 1. The first-order valence-corrected chi connectivity index (χ1v) is 6.68. The van der Waals surface area contributed by atoms with E-state index in [2.05, 4.69) is 10.3 Å². The average molecular weight is 273 g/mol. The van der Waals surface area contributed by atoms with E-state index in [1.165, 1.54) is 6.26 Å². The highest BCUT2D eigenvalue weighted by Gasteiger charge is 2.14. The third kappa shape index (κ3) is 3.24. The van der Waals surface area contributed by atoms with Crippen molar-refractivity contribution in [2.24, 2.45) is 5.73 Å². The lowest BCUT2D eigenvalue weighted by Gasteiger charge is -2.12. The number of nitrogens with one attached hydrogen (secondary N) is 1. The number of nitrogens with zero attached hydrogens (tertiary/aromatic N) is 1. The lowest BCUT2D eigenvalue weighted by Crippen LogP contribution is -2.35. The molecule has 1 unspecified atom stereocenters. The fraction of sp³-hybridized carbons (Fsp3) is 0.333. The quantitative estimate of drug-likeness (QED) is 0.877. The Kier molecular flexibility index (Phi) is 4.53. The summed E-state index contributed by atoms with van der Waals surface area (Å²) in [4.78, 5) is 16.0. The third-order valence-electron chi connectivity index (χ3n) is 3.10. The van der Waals surface area contributed by atoms with Crippen molar-refractivity contribution in [3.05, 3.63) is 36.2 Å². The summed E-state index contributed by atoms with van der Waals surface area (Å²) in [6, 6.07) is 5.13. The number of oxazole rings is 1. The van der Waals surface area contributed by atoms with Gasteiger partial charge in [0.1, 0.15) is 6.26 Å². The van der Waals surface area contributed by atoms with Crippen molar-refractivity contribution in [3.63, 3.8) is 0 Å². The van der Waals surface area contributed by atoms with Gasteiger partial charge in [-0.1, -0.05) is 19.4 Å². The van der Waals surface area contributed by atoms with Crippen molar-refractivity contribution in [3.8, 4) is 11.5 Å². The predicted octanol–water partition coefficient (Wildman–Crippen LogP) is 2.72. The molecule has 2 rings (SSSR count). The molecule has 0 bridgehead atoms. The van der Waals surface area contributed by atoms with E-state index in [-0.39, 0.29) is 5.91 Å². The van der Waals surface area contributed by atoms with Crippen LogP contribution < -0.4 is 11.1 Å². The number of aryl methyl sites for hydroxylation is 1. The maximum absolute atomic E-state index is 11.9. The minimum atomic E-state index is -0.480. The van der Waals surface area contributed by atoms with E-state index in [0.29, 0.717) is 18.0 Å². The van der Waals surface area contributed by atoms with Gasteiger partial charge in [-0.2, -0.15) is 0 Å². The van der Waals surface area contributed by atoms with Gasteiger partial charge in [-0.15, -0.1) is 0 Å². The van der Waals surface area contributed by atoms with Crippen LogP contribution in [0.2, 0.25) is 0 Å². The van der Waals surface area contributed by atoms with Crippen molar-refractivity contribution in [1.82, 2.24) is 4.98 Å². The van der Waals surface area contributed by atoms with Gasteiger partial charge < -0.3 is 15.5 Å². The van der Waals surface area contributed by atoms with E-state index < -0.39 is 6.04 Å². The van der Waals surface area contributed by atoms with E-state index >= 15 is 0 Å². The van der Waals surface area contributed by atoms with E-state index in [0.717, 1.165) is 17.5 Å². The smallest absolute Gasteiger partial charge is 0.241 e. The van der Waals surface area contributed by atoms with Gasteiger partial charge in [0.25, 0.3) is 0 Å². The van der Waals surface area contributed by atoms with Crippen LogP contribution in [-0.2, 0) is 4.79 Å². The molecule has 20 heavy (non-hydrogen) atoms. The second kappa shape index (κ2) is 6.34. The van der Waals surface area contributed by atoms with Crippen molar-refractivity contribution in [2.75, 3.05) is 5.32 Å². The number of nitrogens with two attached hydrogens (primary N) is 1. The monoisotopic (exact) mass is 273 g/mol. The third-order valence-corrected chi connectivity index (χ3v) is 3.10. The van der Waals surface area contributed by atoms with Gasteiger partial charge in [-0.05, 0) is 31.0 Å². The predicted molar refractivity (Wildman–Crippen MR) is 78.2 cm³/mol. The largest absolute Gasteiger partial charge is 0.445 e. The van der Waals surface area contributed by atoms with Crippen LogP contribution in [0.25, 0.3) is 11.5 Å². The number of benzene rings is 1. The molecule has 0 aliphatic heterocycles. The summed E-state index contributed by atoms with van der Waals surface area (Å²) >= 11 is 0. The highest BCUT2D eigenvalue weighted by Crippen LogP contribution is 2.25. The molecule has 0 spiro atoms. The summed E-state index contributed by atoms with van der Waals surface area (Å²) in [6.45, 7) is 3.97. The van der Waals surface area contributed by atoms with Crippen LogP contribution in [0.5, 0.6) is 0 Å². The first-order chi connectivity index (χ1) is 9.61. The fourth-order valence-electron chi connectivity index (χ4n) is 1.96. The lowest BCUT2D eigenvalue weighted by atomic mass is 10.1. The van der Waals surface area contributed by atoms with Crippen LogP contribution in [0.15, 0.2) is 35.1 Å². The summed E-state index contributed by atoms with van der Waals surface area (Å²) < 4.78 is 5.30. The number of rotatable bonds is 5. The Bertz CT molecular complexity index is 579. The van der Waals surface area contributed by atoms with Crippen molar-refractivity contribution in [1.29, 1.82) is 0 Å². The maximum atomic E-state index is 11.9. The topological polar surface area (TPSA) is 81.2 Å². The van der Waals surface area contributed by atoms with Gasteiger partial charge in [0.15, 0.2) is 0 Å². The van der Waals surface area contributed by atoms with Crippen LogP contribution in [0.3, 0.4) is 0 Å². The molecule has 1 amide bonds. The molecule has 0 radical (unpaired) electrons. The molecule has 1 atom stereocenters. The molecule has 106 valence electrons. The standard InChI is InChI=1S/C15H19N3O2/c1-3-4-13(16)14(19)18-11-6-5-10(2)12(9-11)15-17-7-8-20-15/h5-9,13H,3-4,16H2,1-2H3,(H,18,19). The molecule has 0 saturated carbocycles. The van der Waals surface area contributed by atoms with Gasteiger partial charge in [0.05, 0.1) is 12.2 Å². The zero-order chi connectivity index (χ0) is 14.5. The molecule has 2 aromatic rings. The highest BCUT2D eigenvalue weighted by atomic mass is 16.3. The number of hydrogen-bond acceptors (Lipinski definition) is 4. The van der Waals surface area contributed by atoms with E-state index in [4.69, 9.17) is 10.2 Å². The van der Waals surface area contributed by atoms with Crippen LogP contribution >= 0.6 is 0 Å². The first-order valence-electron chi connectivity index (χ1n) is 6.68. The molecule has 0 fully saturated rings. The van der Waals surface area contributed by atoms with Crippen molar-refractivity contribution in [2.45, 2.75) is 32.7 Å². The number of aromatic nitrogens is 1. The minimum Gasteiger partial charge on any atom is -0.445 e. The average Bonchev–Trinajstić information content (AvgIpc) is 2.95. The molecule has 1 aromatic heterocycles. The summed E-state index contributed by atoms with van der Waals surface area (Å²) in [6.07, 6.45) is 4.67. The van der Waals surface area contributed by atoms with Crippen LogP contribution in [0, 0.1) is 6.92 Å². The van der Waals surface area contributed by atoms with E-state index in [9.17, 15) is 4.79 Å². The van der Waals surface area contributed by atoms with Gasteiger partial charge in [-0.3, -0.25) is 4.79 Å². The normalized spacial score (nSPS) is 12.2. The fourth-order valence-corrected chi connectivity index (χ4v) is 1.96. The summed E-state index contributed by atoms with van der Waals surface area (Å²) in [5.41, 5.74) is 8.38. The molecular formula is C15H19N3O2. The van der Waals surface area contributed by atoms with Crippen LogP contribution in [0.4, 0.5) is 5.69 Å². The molecule has 1 aromatic carbocycles. The number of anilines is 1. The molecule has 0 aliphatic carbocycles. The molecule has 1 heterocycles. The van der Waals surface area contributed by atoms with E-state index in [1.807, 2.05) is 32.0 Å². The summed E-state index contributed by atoms with van der Waals surface area (Å²) in [5, 5.41) is 2.82. The number of carbonyl (C=O) groups is 1. The second-order valence-corrected chi connectivity index (χ2v) is 4.75. The SMILES string of the molecule is CCCC(N)C(=O)Nc1ccc(C)c(-c2ncco2)c1. The Morgan fingerprint density at radius 3 is 2.95 bits per heavy atom. The van der Waals surface area contributed by atoms with Crippen LogP contribution in [-0.4, -0.2) is 16.9 Å². The maximum Gasteiger partial charge on any atom is 0.241 e. The first kappa shape index (κ1) is 14.3. The highest BCUT2D eigenvalue weighted by molar-refractivity contribution is 5.95. The Balaban J connectivity index is 2.18. The zero-order valence-electron chi connectivity index (χ0n) is 11.7. The molecule has 5 heteroatoms. The molecular weight excluding hydrogens is 254 g/mol. The lowest BCUT2D eigenvalue weighted by molar-refractivity contribution is -0.117. The molecule has 3 N–H and O–H groups in total. The molecule has 5 nitrogen and oxygen atoms in total. The van der Waals surface area contributed by atoms with Crippen LogP contribution in [0.1, 0.15) is 25.3 Å².